The topological polar surface area (TPSA) is 68.7 Å². The molecule has 0 unspecified atom stereocenters. The molecule has 0 radical (unpaired) electrons. The second-order valence-corrected chi connectivity index (χ2v) is 5.34. The zero-order valence-corrected chi connectivity index (χ0v) is 13.9. The highest BCUT2D eigenvalue weighted by Crippen LogP contribution is 2.25. The van der Waals surface area contributed by atoms with Gasteiger partial charge in [0.05, 0.1) is 12.8 Å². The normalized spacial score (nSPS) is 10.8. The minimum Gasteiger partial charge on any atom is -0.506 e. The minimum atomic E-state index is -0.338. The van der Waals surface area contributed by atoms with Crippen molar-refractivity contribution in [3.05, 3.63) is 53.7 Å². The van der Waals surface area contributed by atoms with Crippen molar-refractivity contribution in [2.24, 2.45) is 0 Å². The summed E-state index contributed by atoms with van der Waals surface area (Å²) in [5.74, 6) is 0.814. The average molecular weight is 327 g/mol. The van der Waals surface area contributed by atoms with Crippen molar-refractivity contribution in [3.8, 4) is 17.4 Å². The Morgan fingerprint density at radius 1 is 1.29 bits per heavy atom. The quantitative estimate of drug-likeness (QED) is 0.468. The van der Waals surface area contributed by atoms with Gasteiger partial charge in [-0.05, 0) is 48.7 Å². The van der Waals surface area contributed by atoms with Crippen molar-refractivity contribution >= 4 is 12.0 Å². The van der Waals surface area contributed by atoms with Gasteiger partial charge in [0, 0.05) is 12.1 Å². The van der Waals surface area contributed by atoms with E-state index in [4.69, 9.17) is 9.47 Å². The fourth-order valence-electron chi connectivity index (χ4n) is 1.97. The Bertz CT molecular complexity index is 708. The highest BCUT2D eigenvalue weighted by atomic mass is 16.5. The van der Waals surface area contributed by atoms with E-state index in [9.17, 15) is 9.90 Å². The lowest BCUT2D eigenvalue weighted by Gasteiger charge is -2.08. The number of unbranched alkanes of at least 4 members (excludes halogenated alkanes) is 1. The number of carbonyl (C=O) groups is 1. The standard InChI is InChI=1S/C19H21NO4/c1-3-4-11-23-19(22)10-6-15-5-8-17(14(2)12-15)24-18-9-7-16(21)13-20-18/h5-10,12-13,21H,3-4,11H2,1-2H3/b10-6+. The molecule has 0 aliphatic heterocycles. The van der Waals surface area contributed by atoms with Gasteiger partial charge in [0.2, 0.25) is 5.88 Å². The van der Waals surface area contributed by atoms with Crippen LogP contribution in [0.4, 0.5) is 0 Å². The largest absolute Gasteiger partial charge is 0.506 e. The van der Waals surface area contributed by atoms with Gasteiger partial charge in [0.25, 0.3) is 0 Å². The van der Waals surface area contributed by atoms with Crippen LogP contribution in [0.15, 0.2) is 42.6 Å². The highest BCUT2D eigenvalue weighted by molar-refractivity contribution is 5.87. The summed E-state index contributed by atoms with van der Waals surface area (Å²) in [7, 11) is 0. The number of hydrogen-bond donors (Lipinski definition) is 1. The van der Waals surface area contributed by atoms with Crippen LogP contribution in [0.25, 0.3) is 6.08 Å². The summed E-state index contributed by atoms with van der Waals surface area (Å²) >= 11 is 0. The van der Waals surface area contributed by atoms with E-state index in [1.165, 1.54) is 18.3 Å². The average Bonchev–Trinajstić information content (AvgIpc) is 2.57. The Labute approximate surface area is 141 Å². The highest BCUT2D eigenvalue weighted by Gasteiger charge is 2.04. The number of esters is 1. The van der Waals surface area contributed by atoms with Crippen LogP contribution in [0.3, 0.4) is 0 Å². The first-order valence-corrected chi connectivity index (χ1v) is 7.87. The van der Waals surface area contributed by atoms with Crippen molar-refractivity contribution in [1.82, 2.24) is 4.98 Å². The first-order valence-electron chi connectivity index (χ1n) is 7.87. The molecule has 0 spiro atoms. The predicted octanol–water partition coefficient (Wildman–Crippen LogP) is 4.24. The maximum atomic E-state index is 11.5. The number of ether oxygens (including phenoxy) is 2. The molecule has 0 fully saturated rings. The lowest BCUT2D eigenvalue weighted by molar-refractivity contribution is -0.137. The SMILES string of the molecule is CCCCOC(=O)/C=C/c1ccc(Oc2ccc(O)cn2)c(C)c1. The summed E-state index contributed by atoms with van der Waals surface area (Å²) in [5.41, 5.74) is 1.79. The molecule has 0 bridgehead atoms. The molecule has 2 rings (SSSR count). The van der Waals surface area contributed by atoms with Crippen molar-refractivity contribution in [1.29, 1.82) is 0 Å². The minimum absolute atomic E-state index is 0.0883. The maximum absolute atomic E-state index is 11.5. The third-order valence-electron chi connectivity index (χ3n) is 3.29. The van der Waals surface area contributed by atoms with E-state index in [2.05, 4.69) is 4.98 Å². The van der Waals surface area contributed by atoms with Gasteiger partial charge in [-0.25, -0.2) is 9.78 Å². The Morgan fingerprint density at radius 2 is 2.12 bits per heavy atom. The molecule has 0 aliphatic rings. The van der Waals surface area contributed by atoms with Crippen molar-refractivity contribution < 1.29 is 19.4 Å². The second-order valence-electron chi connectivity index (χ2n) is 5.34. The summed E-state index contributed by atoms with van der Waals surface area (Å²) in [5, 5.41) is 9.22. The number of benzene rings is 1. The number of rotatable bonds is 7. The Hall–Kier alpha value is -2.82. The van der Waals surface area contributed by atoms with Crippen LogP contribution >= 0.6 is 0 Å². The first-order chi connectivity index (χ1) is 11.6. The van der Waals surface area contributed by atoms with Crippen molar-refractivity contribution in [3.63, 3.8) is 0 Å². The maximum Gasteiger partial charge on any atom is 0.330 e. The number of hydrogen-bond acceptors (Lipinski definition) is 5. The van der Waals surface area contributed by atoms with Gasteiger partial charge in [0.15, 0.2) is 0 Å². The monoisotopic (exact) mass is 327 g/mol. The van der Waals surface area contributed by atoms with Crippen molar-refractivity contribution in [2.75, 3.05) is 6.61 Å². The van der Waals surface area contributed by atoms with Crippen molar-refractivity contribution in [2.45, 2.75) is 26.7 Å². The molecule has 1 N–H and O–H groups in total. The van der Waals surface area contributed by atoms with E-state index < -0.39 is 0 Å². The molecular weight excluding hydrogens is 306 g/mol. The summed E-state index contributed by atoms with van der Waals surface area (Å²) in [6, 6.07) is 8.67. The van der Waals surface area contributed by atoms with Gasteiger partial charge in [-0.15, -0.1) is 0 Å². The van der Waals surface area contributed by atoms with Gasteiger partial charge < -0.3 is 14.6 Å². The van der Waals surface area contributed by atoms with E-state index in [1.807, 2.05) is 32.0 Å². The predicted molar refractivity (Wildman–Crippen MR) is 92.1 cm³/mol. The van der Waals surface area contributed by atoms with Crippen LogP contribution in [0, 0.1) is 6.92 Å². The van der Waals surface area contributed by atoms with Gasteiger partial charge in [0.1, 0.15) is 11.5 Å². The molecule has 24 heavy (non-hydrogen) atoms. The van der Waals surface area contributed by atoms with E-state index >= 15 is 0 Å². The Morgan fingerprint density at radius 3 is 2.79 bits per heavy atom. The molecule has 0 aliphatic carbocycles. The number of aryl methyl sites for hydroxylation is 1. The number of nitrogens with zero attached hydrogens (tertiary/aromatic N) is 1. The molecular formula is C19H21NO4. The first kappa shape index (κ1) is 17.5. The lowest BCUT2D eigenvalue weighted by atomic mass is 10.1. The van der Waals surface area contributed by atoms with Gasteiger partial charge in [-0.1, -0.05) is 19.4 Å². The van der Waals surface area contributed by atoms with E-state index in [0.717, 1.165) is 24.0 Å². The Balaban J connectivity index is 1.98. The van der Waals surface area contributed by atoms with Crippen LogP contribution in [-0.4, -0.2) is 22.7 Å². The van der Waals surface area contributed by atoms with Crippen LogP contribution in [-0.2, 0) is 9.53 Å². The van der Waals surface area contributed by atoms with Crippen LogP contribution < -0.4 is 4.74 Å². The van der Waals surface area contributed by atoms with Gasteiger partial charge in [-0.2, -0.15) is 0 Å². The smallest absolute Gasteiger partial charge is 0.330 e. The van der Waals surface area contributed by atoms with E-state index in [1.54, 1.807) is 12.1 Å². The molecule has 2 aromatic rings. The number of aromatic nitrogens is 1. The summed E-state index contributed by atoms with van der Waals surface area (Å²) < 4.78 is 10.7. The van der Waals surface area contributed by atoms with E-state index in [-0.39, 0.29) is 11.7 Å². The molecule has 0 saturated carbocycles. The molecule has 126 valence electrons. The number of carbonyl (C=O) groups excluding carboxylic acids is 1. The molecule has 1 aromatic heterocycles. The summed E-state index contributed by atoms with van der Waals surface area (Å²) in [6.45, 7) is 4.40. The molecule has 1 heterocycles. The molecule has 0 atom stereocenters. The fraction of sp³-hybridized carbons (Fsp3) is 0.263. The second kappa shape index (κ2) is 8.72. The van der Waals surface area contributed by atoms with Gasteiger partial charge in [-0.3, -0.25) is 0 Å². The molecule has 5 heteroatoms. The molecule has 0 saturated heterocycles. The lowest BCUT2D eigenvalue weighted by Crippen LogP contribution is -2.01. The van der Waals surface area contributed by atoms with Gasteiger partial charge >= 0.3 is 5.97 Å². The Kier molecular flexibility index (Phi) is 6.37. The summed E-state index contributed by atoms with van der Waals surface area (Å²) in [4.78, 5) is 15.5. The van der Waals surface area contributed by atoms with Crippen LogP contribution in [0.5, 0.6) is 17.4 Å². The third kappa shape index (κ3) is 5.43. The number of pyridine rings is 1. The zero-order valence-electron chi connectivity index (χ0n) is 13.9. The molecule has 5 nitrogen and oxygen atoms in total. The van der Waals surface area contributed by atoms with Crippen LogP contribution in [0.2, 0.25) is 0 Å². The summed E-state index contributed by atoms with van der Waals surface area (Å²) in [6.07, 6.45) is 6.33. The molecule has 0 amide bonds. The zero-order chi connectivity index (χ0) is 17.4. The number of aromatic hydroxyl groups is 1. The molecule has 1 aromatic carbocycles. The van der Waals surface area contributed by atoms with E-state index in [0.29, 0.717) is 18.2 Å². The fourth-order valence-corrected chi connectivity index (χ4v) is 1.97. The third-order valence-corrected chi connectivity index (χ3v) is 3.29. The van der Waals surface area contributed by atoms with Crippen LogP contribution in [0.1, 0.15) is 30.9 Å².